The second-order valence-electron chi connectivity index (χ2n) is 5.67. The van der Waals surface area contributed by atoms with Crippen LogP contribution in [0.25, 0.3) is 0 Å². The summed E-state index contributed by atoms with van der Waals surface area (Å²) in [7, 11) is 0. The van der Waals surface area contributed by atoms with Gasteiger partial charge in [0.2, 0.25) is 5.91 Å². The molecule has 1 amide bonds. The first-order valence-corrected chi connectivity index (χ1v) is 9.02. The zero-order chi connectivity index (χ0) is 19.6. The van der Waals surface area contributed by atoms with Gasteiger partial charge in [-0.1, -0.05) is 12.1 Å². The minimum Gasteiger partial charge on any atom is -0.494 e. The van der Waals surface area contributed by atoms with Crippen molar-refractivity contribution in [3.63, 3.8) is 0 Å². The third-order valence-electron chi connectivity index (χ3n) is 3.67. The number of anilines is 1. The molecule has 6 heteroatoms. The largest absolute Gasteiger partial charge is 0.494 e. The number of carbonyl (C=O) groups excluding carboxylic acids is 2. The molecule has 27 heavy (non-hydrogen) atoms. The van der Waals surface area contributed by atoms with E-state index in [2.05, 4.69) is 5.32 Å². The minimum atomic E-state index is -0.425. The third kappa shape index (κ3) is 6.02. The van der Waals surface area contributed by atoms with E-state index in [1.54, 1.807) is 25.1 Å². The fraction of sp³-hybridized carbons (Fsp3) is 0.333. The standard InChI is InChI=1S/C21H25NO5/c1-4-25-17-10-7-15(8-11-17)13-20(23)22-18-12-9-16(21(24)27-6-3)14-19(18)26-5-2/h7-12,14H,4-6,13H2,1-3H3,(H,22,23). The van der Waals surface area contributed by atoms with Crippen molar-refractivity contribution in [1.29, 1.82) is 0 Å². The Balaban J connectivity index is 2.08. The second kappa shape index (κ2) is 10.2. The average molecular weight is 371 g/mol. The summed E-state index contributed by atoms with van der Waals surface area (Å²) in [5.41, 5.74) is 1.77. The lowest BCUT2D eigenvalue weighted by atomic mass is 10.1. The lowest BCUT2D eigenvalue weighted by Gasteiger charge is -2.13. The van der Waals surface area contributed by atoms with E-state index in [-0.39, 0.29) is 12.3 Å². The highest BCUT2D eigenvalue weighted by Crippen LogP contribution is 2.27. The van der Waals surface area contributed by atoms with Gasteiger partial charge in [-0.05, 0) is 56.7 Å². The first-order valence-electron chi connectivity index (χ1n) is 9.02. The van der Waals surface area contributed by atoms with E-state index in [0.717, 1.165) is 11.3 Å². The van der Waals surface area contributed by atoms with Crippen LogP contribution in [-0.4, -0.2) is 31.7 Å². The van der Waals surface area contributed by atoms with Gasteiger partial charge in [0.25, 0.3) is 0 Å². The van der Waals surface area contributed by atoms with E-state index in [4.69, 9.17) is 14.2 Å². The number of benzene rings is 2. The van der Waals surface area contributed by atoms with E-state index < -0.39 is 5.97 Å². The highest BCUT2D eigenvalue weighted by molar-refractivity contribution is 5.96. The van der Waals surface area contributed by atoms with Crippen molar-refractivity contribution in [3.05, 3.63) is 53.6 Å². The quantitative estimate of drug-likeness (QED) is 0.678. The van der Waals surface area contributed by atoms with E-state index in [1.807, 2.05) is 38.1 Å². The number of carbonyl (C=O) groups is 2. The van der Waals surface area contributed by atoms with E-state index in [1.165, 1.54) is 0 Å². The maximum absolute atomic E-state index is 12.4. The molecule has 0 spiro atoms. The van der Waals surface area contributed by atoms with Crippen LogP contribution in [-0.2, 0) is 16.0 Å². The number of hydrogen-bond acceptors (Lipinski definition) is 5. The van der Waals surface area contributed by atoms with Gasteiger partial charge in [0.15, 0.2) is 0 Å². The molecule has 0 saturated carbocycles. The third-order valence-corrected chi connectivity index (χ3v) is 3.67. The summed E-state index contributed by atoms with van der Waals surface area (Å²) < 4.78 is 16.0. The monoisotopic (exact) mass is 371 g/mol. The molecule has 0 aliphatic carbocycles. The Labute approximate surface area is 159 Å². The molecule has 0 aromatic heterocycles. The smallest absolute Gasteiger partial charge is 0.338 e. The van der Waals surface area contributed by atoms with Crippen LogP contribution >= 0.6 is 0 Å². The Hall–Kier alpha value is -3.02. The fourth-order valence-corrected chi connectivity index (χ4v) is 2.49. The first-order chi connectivity index (χ1) is 13.1. The summed E-state index contributed by atoms with van der Waals surface area (Å²) in [6, 6.07) is 12.2. The normalized spacial score (nSPS) is 10.2. The number of rotatable bonds is 9. The SMILES string of the molecule is CCOC(=O)c1ccc(NC(=O)Cc2ccc(OCC)cc2)c(OCC)c1. The molecule has 6 nitrogen and oxygen atoms in total. The van der Waals surface area contributed by atoms with Gasteiger partial charge in [0.05, 0.1) is 37.5 Å². The Morgan fingerprint density at radius 1 is 0.889 bits per heavy atom. The van der Waals surface area contributed by atoms with Crippen LogP contribution in [0.5, 0.6) is 11.5 Å². The predicted octanol–water partition coefficient (Wildman–Crippen LogP) is 3.84. The summed E-state index contributed by atoms with van der Waals surface area (Å²) >= 11 is 0. The molecule has 0 radical (unpaired) electrons. The molecular formula is C21H25NO5. The van der Waals surface area contributed by atoms with Crippen LogP contribution in [0.3, 0.4) is 0 Å². The van der Waals surface area contributed by atoms with Gasteiger partial charge in [0.1, 0.15) is 11.5 Å². The summed E-state index contributed by atoms with van der Waals surface area (Å²) in [6.07, 6.45) is 0.220. The average Bonchev–Trinajstić information content (AvgIpc) is 2.65. The molecule has 2 aromatic carbocycles. The van der Waals surface area contributed by atoms with Crippen LogP contribution in [0.1, 0.15) is 36.7 Å². The van der Waals surface area contributed by atoms with Gasteiger partial charge in [0, 0.05) is 0 Å². The van der Waals surface area contributed by atoms with E-state index in [9.17, 15) is 9.59 Å². The summed E-state index contributed by atoms with van der Waals surface area (Å²) in [5, 5.41) is 2.83. The van der Waals surface area contributed by atoms with Gasteiger partial charge in [-0.3, -0.25) is 4.79 Å². The predicted molar refractivity (Wildman–Crippen MR) is 104 cm³/mol. The number of ether oxygens (including phenoxy) is 3. The summed E-state index contributed by atoms with van der Waals surface area (Å²) in [5.74, 6) is 0.604. The Bertz CT molecular complexity index is 771. The van der Waals surface area contributed by atoms with Crippen molar-refractivity contribution in [2.75, 3.05) is 25.1 Å². The number of amides is 1. The van der Waals surface area contributed by atoms with E-state index >= 15 is 0 Å². The molecule has 0 unspecified atom stereocenters. The molecule has 0 bridgehead atoms. The zero-order valence-electron chi connectivity index (χ0n) is 15.9. The van der Waals surface area contributed by atoms with Crippen LogP contribution in [0.4, 0.5) is 5.69 Å². The van der Waals surface area contributed by atoms with Crippen LogP contribution in [0.15, 0.2) is 42.5 Å². The zero-order valence-corrected chi connectivity index (χ0v) is 15.9. The number of esters is 1. The van der Waals surface area contributed by atoms with Crippen molar-refractivity contribution < 1.29 is 23.8 Å². The number of hydrogen-bond donors (Lipinski definition) is 1. The molecule has 0 heterocycles. The molecule has 0 fully saturated rings. The van der Waals surface area contributed by atoms with Crippen molar-refractivity contribution in [1.82, 2.24) is 0 Å². The maximum atomic E-state index is 12.4. The van der Waals surface area contributed by atoms with Gasteiger partial charge < -0.3 is 19.5 Å². The van der Waals surface area contributed by atoms with Gasteiger partial charge in [-0.2, -0.15) is 0 Å². The van der Waals surface area contributed by atoms with Gasteiger partial charge >= 0.3 is 5.97 Å². The van der Waals surface area contributed by atoms with Crippen LogP contribution in [0.2, 0.25) is 0 Å². The number of nitrogens with one attached hydrogen (secondary N) is 1. The highest BCUT2D eigenvalue weighted by Gasteiger charge is 2.13. The first kappa shape index (κ1) is 20.3. The summed E-state index contributed by atoms with van der Waals surface area (Å²) in [4.78, 5) is 24.3. The van der Waals surface area contributed by atoms with Crippen molar-refractivity contribution in [3.8, 4) is 11.5 Å². The molecule has 1 N–H and O–H groups in total. The fourth-order valence-electron chi connectivity index (χ4n) is 2.49. The molecule has 0 aliphatic rings. The van der Waals surface area contributed by atoms with Gasteiger partial charge in [-0.25, -0.2) is 4.79 Å². The lowest BCUT2D eigenvalue weighted by molar-refractivity contribution is -0.115. The molecule has 0 aliphatic heterocycles. The van der Waals surface area contributed by atoms with Crippen molar-refractivity contribution >= 4 is 17.6 Å². The van der Waals surface area contributed by atoms with Crippen molar-refractivity contribution in [2.45, 2.75) is 27.2 Å². The van der Waals surface area contributed by atoms with Crippen LogP contribution in [0, 0.1) is 0 Å². The molecule has 0 saturated heterocycles. The Kier molecular flexibility index (Phi) is 7.67. The molecule has 2 aromatic rings. The van der Waals surface area contributed by atoms with Crippen LogP contribution < -0.4 is 14.8 Å². The minimum absolute atomic E-state index is 0.177. The highest BCUT2D eigenvalue weighted by atomic mass is 16.5. The summed E-state index contributed by atoms with van der Waals surface area (Å²) in [6.45, 7) is 6.81. The Morgan fingerprint density at radius 3 is 2.22 bits per heavy atom. The van der Waals surface area contributed by atoms with Gasteiger partial charge in [-0.15, -0.1) is 0 Å². The topological polar surface area (TPSA) is 73.9 Å². The molecule has 0 atom stereocenters. The maximum Gasteiger partial charge on any atom is 0.338 e. The molecular weight excluding hydrogens is 346 g/mol. The molecule has 2 rings (SSSR count). The van der Waals surface area contributed by atoms with E-state index in [0.29, 0.717) is 36.8 Å². The lowest BCUT2D eigenvalue weighted by Crippen LogP contribution is -2.16. The second-order valence-corrected chi connectivity index (χ2v) is 5.67. The Morgan fingerprint density at radius 2 is 1.59 bits per heavy atom. The van der Waals surface area contributed by atoms with Crippen molar-refractivity contribution in [2.24, 2.45) is 0 Å². The molecule has 144 valence electrons.